The topological polar surface area (TPSA) is 170 Å². The molecule has 50 heavy (non-hydrogen) atoms. The summed E-state index contributed by atoms with van der Waals surface area (Å²) in [5.74, 6) is 0.891. The summed E-state index contributed by atoms with van der Waals surface area (Å²) in [6, 6.07) is 33.2. The minimum absolute atomic E-state index is 0.0190. The monoisotopic (exact) mass is 674 g/mol. The maximum absolute atomic E-state index is 13.2. The van der Waals surface area contributed by atoms with Crippen LogP contribution in [-0.4, -0.2) is 59.6 Å². The van der Waals surface area contributed by atoms with E-state index in [2.05, 4.69) is 20.3 Å². The first-order valence-electron chi connectivity index (χ1n) is 15.7. The number of methoxy groups -OCH3 is 2. The van der Waals surface area contributed by atoms with E-state index in [1.807, 2.05) is 78.9 Å². The molecule has 13 heteroatoms. The molecule has 4 aromatic carbocycles. The van der Waals surface area contributed by atoms with Crippen molar-refractivity contribution in [2.24, 2.45) is 5.11 Å². The zero-order chi connectivity index (χ0) is 35.1. The number of hydrogen-bond donors (Lipinski definition) is 2. The van der Waals surface area contributed by atoms with Crippen molar-refractivity contribution in [3.63, 3.8) is 0 Å². The minimum atomic E-state index is -1.36. The molecule has 0 bridgehead atoms. The van der Waals surface area contributed by atoms with Crippen molar-refractivity contribution >= 4 is 11.7 Å². The van der Waals surface area contributed by atoms with E-state index in [4.69, 9.17) is 18.9 Å². The van der Waals surface area contributed by atoms with Gasteiger partial charge in [0.05, 0.1) is 26.9 Å². The lowest BCUT2D eigenvalue weighted by Gasteiger charge is -2.37. The van der Waals surface area contributed by atoms with Crippen LogP contribution in [0.3, 0.4) is 0 Å². The third-order valence-corrected chi connectivity index (χ3v) is 8.54. The van der Waals surface area contributed by atoms with Crippen LogP contribution < -0.4 is 20.5 Å². The lowest BCUT2D eigenvalue weighted by Crippen LogP contribution is -2.39. The molecule has 1 fully saturated rings. The molecule has 1 aliphatic heterocycles. The number of amides is 1. The van der Waals surface area contributed by atoms with Crippen molar-refractivity contribution in [3.8, 4) is 11.5 Å². The van der Waals surface area contributed by atoms with Crippen molar-refractivity contribution in [1.82, 2.24) is 9.55 Å². The predicted octanol–water partition coefficient (Wildman–Crippen LogP) is 5.46. The van der Waals surface area contributed by atoms with Crippen LogP contribution in [0.5, 0.6) is 11.5 Å². The second-order valence-corrected chi connectivity index (χ2v) is 11.4. The third-order valence-electron chi connectivity index (χ3n) is 8.54. The number of aliphatic hydroxyl groups is 1. The molecular formula is C37H34N6O7. The van der Waals surface area contributed by atoms with E-state index in [1.54, 1.807) is 44.6 Å². The Balaban J connectivity index is 1.33. The molecule has 0 saturated carbocycles. The Morgan fingerprint density at radius 1 is 0.900 bits per heavy atom. The number of ether oxygens (including phenoxy) is 4. The second kappa shape index (κ2) is 15.1. The summed E-state index contributed by atoms with van der Waals surface area (Å²) in [5.41, 5.74) is 10.1. The number of aliphatic hydroxyl groups excluding tert-OH is 1. The van der Waals surface area contributed by atoms with E-state index in [0.717, 1.165) is 21.3 Å². The predicted molar refractivity (Wildman–Crippen MR) is 184 cm³/mol. The number of aromatic nitrogens is 2. The normalized spacial score (nSPS) is 18.5. The average molecular weight is 675 g/mol. The van der Waals surface area contributed by atoms with Crippen LogP contribution in [0.1, 0.15) is 33.3 Å². The number of rotatable bonds is 12. The van der Waals surface area contributed by atoms with E-state index >= 15 is 0 Å². The highest BCUT2D eigenvalue weighted by molar-refractivity contribution is 6.03. The fourth-order valence-electron chi connectivity index (χ4n) is 6.02. The van der Waals surface area contributed by atoms with Gasteiger partial charge in [-0.05, 0) is 64.7 Å². The van der Waals surface area contributed by atoms with E-state index in [1.165, 1.54) is 12.3 Å². The molecule has 5 aromatic rings. The third kappa shape index (κ3) is 6.79. The Morgan fingerprint density at radius 2 is 1.46 bits per heavy atom. The zero-order valence-electron chi connectivity index (χ0n) is 27.2. The summed E-state index contributed by atoms with van der Waals surface area (Å²) >= 11 is 0. The summed E-state index contributed by atoms with van der Waals surface area (Å²) in [6.07, 6.45) is -2.26. The first kappa shape index (κ1) is 33.9. The molecule has 13 nitrogen and oxygen atoms in total. The van der Waals surface area contributed by atoms with Crippen LogP contribution in [0, 0.1) is 0 Å². The van der Waals surface area contributed by atoms with Crippen LogP contribution in [-0.2, 0) is 15.1 Å². The summed E-state index contributed by atoms with van der Waals surface area (Å²) in [7, 11) is 3.17. The van der Waals surface area contributed by atoms with Gasteiger partial charge in [-0.1, -0.05) is 77.9 Å². The van der Waals surface area contributed by atoms with Gasteiger partial charge >= 0.3 is 5.69 Å². The zero-order valence-corrected chi connectivity index (χ0v) is 27.2. The maximum atomic E-state index is 13.2. The van der Waals surface area contributed by atoms with Gasteiger partial charge in [0.15, 0.2) is 0 Å². The number of carbonyl (C=O) groups excluding carboxylic acids is 1. The van der Waals surface area contributed by atoms with Gasteiger partial charge in [0.2, 0.25) is 0 Å². The number of azide groups is 1. The standard InChI is InChI=1S/C37H34N6O7/c1-47-28-17-13-26(14-18-28)37(25-11-7-4-8-12-25,27-15-19-29(48-2)20-16-27)49-23-30-33(44)32(41-42-38)35(50-30)43-22-21-31(40-36(43)46)39-34(45)24-9-5-3-6-10-24/h3-22,30,32-33,35,44H,23H2,1-2H3,(H,39,40,45,46)/t30-,32?,33+,35-/m1/s1. The van der Waals surface area contributed by atoms with Crippen molar-refractivity contribution in [1.29, 1.82) is 0 Å². The maximum Gasteiger partial charge on any atom is 0.351 e. The van der Waals surface area contributed by atoms with Crippen LogP contribution in [0.4, 0.5) is 5.82 Å². The van der Waals surface area contributed by atoms with Crippen molar-refractivity contribution < 1.29 is 28.8 Å². The van der Waals surface area contributed by atoms with Gasteiger partial charge in [0, 0.05) is 16.7 Å². The molecule has 1 unspecified atom stereocenters. The molecule has 1 aromatic heterocycles. The van der Waals surface area contributed by atoms with E-state index in [-0.39, 0.29) is 12.4 Å². The Bertz CT molecular complexity index is 1970. The highest BCUT2D eigenvalue weighted by atomic mass is 16.6. The first-order chi connectivity index (χ1) is 24.4. The van der Waals surface area contributed by atoms with Crippen LogP contribution in [0.15, 0.2) is 131 Å². The summed E-state index contributed by atoms with van der Waals surface area (Å²) in [6.45, 7) is -0.185. The van der Waals surface area contributed by atoms with Gasteiger partial charge in [-0.2, -0.15) is 4.98 Å². The molecule has 1 amide bonds. The van der Waals surface area contributed by atoms with Gasteiger partial charge < -0.3 is 29.4 Å². The summed E-state index contributed by atoms with van der Waals surface area (Å²) < 4.78 is 25.1. The summed E-state index contributed by atoms with van der Waals surface area (Å²) in [5, 5.41) is 17.8. The van der Waals surface area contributed by atoms with E-state index < -0.39 is 41.7 Å². The molecule has 1 saturated heterocycles. The smallest absolute Gasteiger partial charge is 0.351 e. The average Bonchev–Trinajstić information content (AvgIpc) is 3.47. The fraction of sp³-hybridized carbons (Fsp3) is 0.216. The lowest BCUT2D eigenvalue weighted by atomic mass is 9.80. The minimum Gasteiger partial charge on any atom is -0.497 e. The Kier molecular flexibility index (Phi) is 10.2. The van der Waals surface area contributed by atoms with Crippen molar-refractivity contribution in [2.45, 2.75) is 30.1 Å². The van der Waals surface area contributed by atoms with Gasteiger partial charge in [0.25, 0.3) is 5.91 Å². The molecule has 0 radical (unpaired) electrons. The number of anilines is 1. The molecule has 2 N–H and O–H groups in total. The Labute approximate surface area is 287 Å². The number of hydrogen-bond acceptors (Lipinski definition) is 9. The van der Waals surface area contributed by atoms with Gasteiger partial charge in [-0.15, -0.1) is 0 Å². The first-order valence-corrected chi connectivity index (χ1v) is 15.7. The van der Waals surface area contributed by atoms with Crippen molar-refractivity contribution in [2.75, 3.05) is 26.1 Å². The van der Waals surface area contributed by atoms with E-state index in [0.29, 0.717) is 17.1 Å². The Morgan fingerprint density at radius 3 is 2.00 bits per heavy atom. The molecule has 4 atom stereocenters. The van der Waals surface area contributed by atoms with E-state index in [9.17, 15) is 20.2 Å². The molecule has 6 rings (SSSR count). The highest BCUT2D eigenvalue weighted by Gasteiger charge is 2.47. The van der Waals surface area contributed by atoms with Gasteiger partial charge in [-0.3, -0.25) is 9.36 Å². The van der Waals surface area contributed by atoms with Gasteiger partial charge in [-0.25, -0.2) is 4.79 Å². The Hall–Kier alpha value is -5.98. The number of carbonyl (C=O) groups is 1. The molecule has 254 valence electrons. The molecule has 0 spiro atoms. The van der Waals surface area contributed by atoms with Crippen LogP contribution in [0.25, 0.3) is 10.4 Å². The van der Waals surface area contributed by atoms with Crippen LogP contribution >= 0.6 is 0 Å². The lowest BCUT2D eigenvalue weighted by molar-refractivity contribution is -0.0945. The molecule has 1 aliphatic rings. The number of nitrogens with zero attached hydrogens (tertiary/aromatic N) is 5. The summed E-state index contributed by atoms with van der Waals surface area (Å²) in [4.78, 5) is 32.8. The molecule has 0 aliphatic carbocycles. The molecular weight excluding hydrogens is 640 g/mol. The number of nitrogens with one attached hydrogen (secondary N) is 1. The van der Waals surface area contributed by atoms with Crippen molar-refractivity contribution in [3.05, 3.63) is 165 Å². The van der Waals surface area contributed by atoms with Crippen LogP contribution in [0.2, 0.25) is 0 Å². The largest absolute Gasteiger partial charge is 0.497 e. The molecule has 2 heterocycles. The fourth-order valence-corrected chi connectivity index (χ4v) is 6.02. The van der Waals surface area contributed by atoms with Gasteiger partial charge in [0.1, 0.15) is 41.3 Å². The number of benzene rings is 4. The highest BCUT2D eigenvalue weighted by Crippen LogP contribution is 2.43. The quantitative estimate of drug-likeness (QED) is 0.0761. The second-order valence-electron chi connectivity index (χ2n) is 11.4. The SMILES string of the molecule is COc1ccc(C(OC[C@H]2O[C@@H](n3ccc(NC(=O)c4ccccc4)nc3=O)C(N=[N+]=[N-])[C@H]2O)(c2ccccc2)c2ccc(OC)cc2)cc1.